The Morgan fingerprint density at radius 2 is 2.17 bits per heavy atom. The zero-order valence-corrected chi connectivity index (χ0v) is 17.7. The molecular weight excluding hydrogens is 459 g/mol. The lowest BCUT2D eigenvalue weighted by molar-refractivity contribution is -0.121. The number of ether oxygens (including phenoxy) is 2. The van der Waals surface area contributed by atoms with Crippen LogP contribution >= 0.6 is 46.1 Å². The van der Waals surface area contributed by atoms with Crippen LogP contribution in [0.3, 0.4) is 0 Å². The molecule has 24 heavy (non-hydrogen) atoms. The fourth-order valence-electron chi connectivity index (χ4n) is 2.27. The van der Waals surface area contributed by atoms with Crippen molar-refractivity contribution in [2.75, 3.05) is 25.2 Å². The zero-order valence-electron chi connectivity index (χ0n) is 13.9. The summed E-state index contributed by atoms with van der Waals surface area (Å²) in [6, 6.07) is 3.78. The summed E-state index contributed by atoms with van der Waals surface area (Å²) < 4.78 is 11.9. The molecule has 1 saturated heterocycles. The first-order chi connectivity index (χ1) is 11.5. The number of carbonyl (C=O) groups is 1. The standard InChI is InChI=1S/C16H21IN2O3S2/c1-4-22-15-12(17)7-11(8-13(15)21-3)10-18-19-14(20)9-16(2)23-5-6-24-16/h7-8,10H,4-6,9H2,1-3H3,(H,19,20)/b18-10+. The minimum Gasteiger partial charge on any atom is -0.493 e. The SMILES string of the molecule is CCOc1c(I)cc(/C=N/NC(=O)CC2(C)SCCS2)cc1OC. The molecule has 5 nitrogen and oxygen atoms in total. The molecule has 0 aliphatic carbocycles. The third-order valence-corrected chi connectivity index (χ3v) is 7.42. The van der Waals surface area contributed by atoms with Gasteiger partial charge in [-0.3, -0.25) is 4.79 Å². The number of benzene rings is 1. The Hall–Kier alpha value is -0.610. The molecule has 1 aromatic carbocycles. The number of nitrogens with zero attached hydrogens (tertiary/aromatic N) is 1. The monoisotopic (exact) mass is 480 g/mol. The lowest BCUT2D eigenvalue weighted by atomic mass is 10.2. The first kappa shape index (κ1) is 19.7. The van der Waals surface area contributed by atoms with Crippen molar-refractivity contribution in [3.05, 3.63) is 21.3 Å². The maximum atomic E-state index is 12.0. The first-order valence-corrected chi connectivity index (χ1v) is 10.6. The molecular formula is C16H21IN2O3S2. The summed E-state index contributed by atoms with van der Waals surface area (Å²) in [6.07, 6.45) is 2.08. The number of hydrogen-bond acceptors (Lipinski definition) is 6. The number of carbonyl (C=O) groups excluding carboxylic acids is 1. The van der Waals surface area contributed by atoms with Crippen LogP contribution in [0.4, 0.5) is 0 Å². The van der Waals surface area contributed by atoms with Gasteiger partial charge in [-0.1, -0.05) is 0 Å². The molecule has 0 spiro atoms. The van der Waals surface area contributed by atoms with Gasteiger partial charge in [-0.25, -0.2) is 5.43 Å². The summed E-state index contributed by atoms with van der Waals surface area (Å²) in [5.74, 6) is 3.51. The number of rotatable bonds is 7. The minimum atomic E-state index is -0.0664. The molecule has 0 atom stereocenters. The number of halogens is 1. The zero-order chi connectivity index (χ0) is 17.6. The van der Waals surface area contributed by atoms with E-state index in [0.717, 1.165) is 26.4 Å². The molecule has 1 heterocycles. The predicted octanol–water partition coefficient (Wildman–Crippen LogP) is 3.73. The van der Waals surface area contributed by atoms with Gasteiger partial charge in [0, 0.05) is 11.5 Å². The second-order valence-corrected chi connectivity index (χ2v) is 9.88. The van der Waals surface area contributed by atoms with Crippen LogP contribution in [0.1, 0.15) is 25.8 Å². The summed E-state index contributed by atoms with van der Waals surface area (Å²) in [7, 11) is 1.61. The summed E-state index contributed by atoms with van der Waals surface area (Å²) in [5, 5.41) is 4.06. The highest BCUT2D eigenvalue weighted by atomic mass is 127. The van der Waals surface area contributed by atoms with E-state index in [1.165, 1.54) is 0 Å². The van der Waals surface area contributed by atoms with Crippen molar-refractivity contribution in [3.8, 4) is 11.5 Å². The van der Waals surface area contributed by atoms with Crippen LogP contribution in [-0.2, 0) is 4.79 Å². The molecule has 8 heteroatoms. The van der Waals surface area contributed by atoms with E-state index in [1.807, 2.05) is 42.6 Å². The van der Waals surface area contributed by atoms with Crippen molar-refractivity contribution < 1.29 is 14.3 Å². The number of nitrogens with one attached hydrogen (secondary N) is 1. The molecule has 0 aromatic heterocycles. The van der Waals surface area contributed by atoms with E-state index < -0.39 is 0 Å². The number of methoxy groups -OCH3 is 1. The van der Waals surface area contributed by atoms with Gasteiger partial charge in [0.1, 0.15) is 0 Å². The molecule has 2 rings (SSSR count). The average molecular weight is 480 g/mol. The molecule has 1 amide bonds. The molecule has 0 unspecified atom stereocenters. The van der Waals surface area contributed by atoms with E-state index in [9.17, 15) is 4.79 Å². The van der Waals surface area contributed by atoms with Crippen molar-refractivity contribution >= 4 is 58.2 Å². The normalized spacial score (nSPS) is 16.3. The van der Waals surface area contributed by atoms with Gasteiger partial charge in [0.25, 0.3) is 0 Å². The van der Waals surface area contributed by atoms with Crippen LogP contribution in [0.25, 0.3) is 0 Å². The summed E-state index contributed by atoms with van der Waals surface area (Å²) >= 11 is 5.87. The van der Waals surface area contributed by atoms with Gasteiger partial charge in [-0.2, -0.15) is 5.10 Å². The number of hydrogen-bond donors (Lipinski definition) is 1. The number of amides is 1. The van der Waals surface area contributed by atoms with E-state index >= 15 is 0 Å². The van der Waals surface area contributed by atoms with Crippen molar-refractivity contribution in [1.82, 2.24) is 5.43 Å². The molecule has 1 aromatic rings. The van der Waals surface area contributed by atoms with E-state index in [0.29, 0.717) is 18.8 Å². The fourth-order valence-corrected chi connectivity index (χ4v) is 5.88. The van der Waals surface area contributed by atoms with Crippen LogP contribution in [0.2, 0.25) is 0 Å². The van der Waals surface area contributed by atoms with E-state index in [4.69, 9.17) is 9.47 Å². The molecule has 0 bridgehead atoms. The van der Waals surface area contributed by atoms with Crippen molar-refractivity contribution in [2.24, 2.45) is 5.10 Å². The Morgan fingerprint density at radius 1 is 1.46 bits per heavy atom. The molecule has 1 aliphatic heterocycles. The summed E-state index contributed by atoms with van der Waals surface area (Å²) in [5.41, 5.74) is 3.45. The van der Waals surface area contributed by atoms with Crippen LogP contribution in [0, 0.1) is 3.57 Å². The van der Waals surface area contributed by atoms with Gasteiger partial charge in [0.05, 0.1) is 34.0 Å². The second kappa shape index (κ2) is 9.19. The van der Waals surface area contributed by atoms with Gasteiger partial charge in [0.15, 0.2) is 11.5 Å². The first-order valence-electron chi connectivity index (χ1n) is 7.57. The van der Waals surface area contributed by atoms with Crippen molar-refractivity contribution in [1.29, 1.82) is 0 Å². The Balaban J connectivity index is 1.98. The Bertz CT molecular complexity index is 620. The largest absolute Gasteiger partial charge is 0.493 e. The molecule has 0 radical (unpaired) electrons. The third kappa shape index (κ3) is 5.45. The summed E-state index contributed by atoms with van der Waals surface area (Å²) in [6.45, 7) is 4.62. The lowest BCUT2D eigenvalue weighted by Gasteiger charge is -2.19. The van der Waals surface area contributed by atoms with Crippen LogP contribution in [0.15, 0.2) is 17.2 Å². The number of hydrazone groups is 1. The smallest absolute Gasteiger partial charge is 0.242 e. The second-order valence-electron chi connectivity index (χ2n) is 5.27. The third-order valence-electron chi connectivity index (χ3n) is 3.32. The fraction of sp³-hybridized carbons (Fsp3) is 0.500. The minimum absolute atomic E-state index is 0.0304. The van der Waals surface area contributed by atoms with E-state index in [2.05, 4.69) is 40.0 Å². The van der Waals surface area contributed by atoms with Crippen LogP contribution in [-0.4, -0.2) is 41.4 Å². The van der Waals surface area contributed by atoms with Gasteiger partial charge < -0.3 is 9.47 Å². The van der Waals surface area contributed by atoms with Gasteiger partial charge in [0.2, 0.25) is 5.91 Å². The van der Waals surface area contributed by atoms with Crippen molar-refractivity contribution in [3.63, 3.8) is 0 Å². The maximum Gasteiger partial charge on any atom is 0.242 e. The number of thioether (sulfide) groups is 2. The Labute approximate surface area is 164 Å². The van der Waals surface area contributed by atoms with Crippen LogP contribution in [0.5, 0.6) is 11.5 Å². The molecule has 0 saturated carbocycles. The highest BCUT2D eigenvalue weighted by Gasteiger charge is 2.32. The van der Waals surface area contributed by atoms with Gasteiger partial charge in [-0.05, 0) is 54.1 Å². The molecule has 132 valence electrons. The van der Waals surface area contributed by atoms with Crippen molar-refractivity contribution in [2.45, 2.75) is 24.3 Å². The highest BCUT2D eigenvalue weighted by Crippen LogP contribution is 2.45. The van der Waals surface area contributed by atoms with E-state index in [-0.39, 0.29) is 9.99 Å². The topological polar surface area (TPSA) is 59.9 Å². The average Bonchev–Trinajstić information content (AvgIpc) is 2.95. The predicted molar refractivity (Wildman–Crippen MR) is 111 cm³/mol. The molecule has 1 N–H and O–H groups in total. The molecule has 1 aliphatic rings. The van der Waals surface area contributed by atoms with Gasteiger partial charge >= 0.3 is 0 Å². The highest BCUT2D eigenvalue weighted by molar-refractivity contribution is 14.1. The van der Waals surface area contributed by atoms with E-state index in [1.54, 1.807) is 13.3 Å². The Morgan fingerprint density at radius 3 is 2.79 bits per heavy atom. The summed E-state index contributed by atoms with van der Waals surface area (Å²) in [4.78, 5) is 12.0. The molecule has 1 fully saturated rings. The Kier molecular flexibility index (Phi) is 7.55. The van der Waals surface area contributed by atoms with Crippen LogP contribution < -0.4 is 14.9 Å². The van der Waals surface area contributed by atoms with Gasteiger partial charge in [-0.15, -0.1) is 23.5 Å². The maximum absolute atomic E-state index is 12.0. The quantitative estimate of drug-likeness (QED) is 0.366. The lowest BCUT2D eigenvalue weighted by Crippen LogP contribution is -2.26.